The first-order chi connectivity index (χ1) is 7.16. The molecule has 0 unspecified atom stereocenters. The van der Waals surface area contributed by atoms with Gasteiger partial charge in [0.15, 0.2) is 5.82 Å². The van der Waals surface area contributed by atoms with Crippen molar-refractivity contribution in [3.05, 3.63) is 40.8 Å². The van der Waals surface area contributed by atoms with Crippen molar-refractivity contribution in [2.75, 3.05) is 5.73 Å². The molecule has 0 spiro atoms. The zero-order valence-corrected chi connectivity index (χ0v) is 9.07. The molecule has 0 aliphatic heterocycles. The van der Waals surface area contributed by atoms with Crippen LogP contribution in [-0.4, -0.2) is 14.8 Å². The van der Waals surface area contributed by atoms with Crippen LogP contribution in [0.1, 0.15) is 11.3 Å². The van der Waals surface area contributed by atoms with Crippen molar-refractivity contribution in [2.24, 2.45) is 0 Å². The van der Waals surface area contributed by atoms with Crippen LogP contribution in [0.4, 0.5) is 5.82 Å². The van der Waals surface area contributed by atoms with Crippen LogP contribution in [0, 0.1) is 6.92 Å². The number of nitrogen functional groups attached to an aromatic ring is 1. The number of halogens is 1. The van der Waals surface area contributed by atoms with Crippen molar-refractivity contribution < 1.29 is 0 Å². The van der Waals surface area contributed by atoms with Gasteiger partial charge in [0.25, 0.3) is 0 Å². The Morgan fingerprint density at radius 3 is 2.93 bits per heavy atom. The SMILES string of the molecule is Cc1cccnc1Cn1cc(Cl)c(N)n1. The monoisotopic (exact) mass is 222 g/mol. The van der Waals surface area contributed by atoms with Gasteiger partial charge < -0.3 is 5.73 Å². The van der Waals surface area contributed by atoms with Gasteiger partial charge in [-0.15, -0.1) is 0 Å². The molecule has 15 heavy (non-hydrogen) atoms. The molecule has 78 valence electrons. The second-order valence-corrected chi connectivity index (χ2v) is 3.73. The first-order valence-electron chi connectivity index (χ1n) is 4.56. The van der Waals surface area contributed by atoms with Crippen molar-refractivity contribution in [1.29, 1.82) is 0 Å². The van der Waals surface area contributed by atoms with E-state index in [4.69, 9.17) is 17.3 Å². The van der Waals surface area contributed by atoms with Gasteiger partial charge in [-0.2, -0.15) is 5.10 Å². The van der Waals surface area contributed by atoms with Gasteiger partial charge in [0.1, 0.15) is 5.02 Å². The lowest BCUT2D eigenvalue weighted by Gasteiger charge is -2.03. The zero-order chi connectivity index (χ0) is 10.8. The minimum atomic E-state index is 0.352. The lowest BCUT2D eigenvalue weighted by atomic mass is 10.2. The molecule has 0 amide bonds. The van der Waals surface area contributed by atoms with Crippen LogP contribution in [0.25, 0.3) is 0 Å². The molecule has 0 aliphatic rings. The minimum absolute atomic E-state index is 0.352. The van der Waals surface area contributed by atoms with E-state index in [9.17, 15) is 0 Å². The summed E-state index contributed by atoms with van der Waals surface area (Å²) in [5.41, 5.74) is 7.64. The Morgan fingerprint density at radius 1 is 1.53 bits per heavy atom. The third-order valence-corrected chi connectivity index (χ3v) is 2.46. The number of pyridine rings is 1. The first-order valence-corrected chi connectivity index (χ1v) is 4.93. The summed E-state index contributed by atoms with van der Waals surface area (Å²) < 4.78 is 1.69. The van der Waals surface area contributed by atoms with Gasteiger partial charge in [-0.1, -0.05) is 17.7 Å². The molecule has 0 fully saturated rings. The van der Waals surface area contributed by atoms with E-state index < -0.39 is 0 Å². The maximum Gasteiger partial charge on any atom is 0.164 e. The number of anilines is 1. The summed E-state index contributed by atoms with van der Waals surface area (Å²) in [6, 6.07) is 3.92. The van der Waals surface area contributed by atoms with E-state index in [0.29, 0.717) is 17.4 Å². The van der Waals surface area contributed by atoms with Crippen molar-refractivity contribution in [3.63, 3.8) is 0 Å². The van der Waals surface area contributed by atoms with Gasteiger partial charge in [-0.3, -0.25) is 9.67 Å². The Labute approximate surface area is 92.7 Å². The summed E-state index contributed by atoms with van der Waals surface area (Å²) in [6.45, 7) is 2.60. The third kappa shape index (κ3) is 2.10. The molecular formula is C10H11ClN4. The lowest BCUT2D eigenvalue weighted by Crippen LogP contribution is -2.04. The Kier molecular flexibility index (Phi) is 2.60. The lowest BCUT2D eigenvalue weighted by molar-refractivity contribution is 0.672. The molecule has 2 aromatic rings. The number of rotatable bonds is 2. The van der Waals surface area contributed by atoms with E-state index in [1.54, 1.807) is 17.1 Å². The van der Waals surface area contributed by atoms with Crippen molar-refractivity contribution in [1.82, 2.24) is 14.8 Å². The summed E-state index contributed by atoms with van der Waals surface area (Å²) >= 11 is 5.81. The van der Waals surface area contributed by atoms with Crippen molar-refractivity contribution in [2.45, 2.75) is 13.5 Å². The summed E-state index contributed by atoms with van der Waals surface area (Å²) in [5, 5.41) is 4.54. The summed E-state index contributed by atoms with van der Waals surface area (Å²) in [4.78, 5) is 4.27. The fraction of sp³-hybridized carbons (Fsp3) is 0.200. The highest BCUT2D eigenvalue weighted by Gasteiger charge is 2.05. The Hall–Kier alpha value is -1.55. The average molecular weight is 223 g/mol. The van der Waals surface area contributed by atoms with Crippen LogP contribution in [0.2, 0.25) is 5.02 Å². The first kappa shape index (κ1) is 9.98. The predicted molar refractivity (Wildman–Crippen MR) is 59.7 cm³/mol. The number of hydrogen-bond donors (Lipinski definition) is 1. The molecule has 0 saturated heterocycles. The molecule has 2 N–H and O–H groups in total. The number of aryl methyl sites for hydroxylation is 1. The van der Waals surface area contributed by atoms with Gasteiger partial charge in [0.05, 0.1) is 12.2 Å². The molecule has 2 aromatic heterocycles. The summed E-state index contributed by atoms with van der Waals surface area (Å²) in [7, 11) is 0. The molecule has 2 rings (SSSR count). The standard InChI is InChI=1S/C10H11ClN4/c1-7-3-2-4-13-9(7)6-15-5-8(11)10(12)14-15/h2-5H,6H2,1H3,(H2,12,14). The van der Waals surface area contributed by atoms with Crippen LogP contribution in [0.5, 0.6) is 0 Å². The van der Waals surface area contributed by atoms with Gasteiger partial charge in [-0.05, 0) is 18.6 Å². The maximum absolute atomic E-state index is 5.81. The zero-order valence-electron chi connectivity index (χ0n) is 8.31. The fourth-order valence-corrected chi connectivity index (χ4v) is 1.48. The van der Waals surface area contributed by atoms with Crippen LogP contribution in [0.15, 0.2) is 24.5 Å². The predicted octanol–water partition coefficient (Wildman–Crippen LogP) is 1.87. The van der Waals surface area contributed by atoms with Crippen LogP contribution in [0.3, 0.4) is 0 Å². The molecule has 0 aromatic carbocycles. The average Bonchev–Trinajstić information content (AvgIpc) is 2.50. The molecule has 5 heteroatoms. The molecule has 0 saturated carbocycles. The summed E-state index contributed by atoms with van der Waals surface area (Å²) in [6.07, 6.45) is 3.46. The quantitative estimate of drug-likeness (QED) is 0.844. The van der Waals surface area contributed by atoms with Crippen molar-refractivity contribution >= 4 is 17.4 Å². The van der Waals surface area contributed by atoms with E-state index in [-0.39, 0.29) is 0 Å². The Balaban J connectivity index is 2.26. The highest BCUT2D eigenvalue weighted by atomic mass is 35.5. The largest absolute Gasteiger partial charge is 0.381 e. The highest BCUT2D eigenvalue weighted by molar-refractivity contribution is 6.32. The van der Waals surface area contributed by atoms with E-state index in [1.165, 1.54) is 0 Å². The van der Waals surface area contributed by atoms with Crippen molar-refractivity contribution in [3.8, 4) is 0 Å². The topological polar surface area (TPSA) is 56.7 Å². The maximum atomic E-state index is 5.81. The Morgan fingerprint density at radius 2 is 2.33 bits per heavy atom. The van der Waals surface area contributed by atoms with Gasteiger partial charge >= 0.3 is 0 Å². The number of aromatic nitrogens is 3. The van der Waals surface area contributed by atoms with Gasteiger partial charge in [0, 0.05) is 12.4 Å². The van der Waals surface area contributed by atoms with E-state index in [0.717, 1.165) is 11.3 Å². The van der Waals surface area contributed by atoms with E-state index >= 15 is 0 Å². The minimum Gasteiger partial charge on any atom is -0.381 e. The molecule has 2 heterocycles. The number of nitrogens with zero attached hydrogens (tertiary/aromatic N) is 3. The van der Waals surface area contributed by atoms with E-state index in [1.807, 2.05) is 19.1 Å². The number of nitrogens with two attached hydrogens (primary N) is 1. The molecule has 0 atom stereocenters. The second kappa shape index (κ2) is 3.90. The van der Waals surface area contributed by atoms with Gasteiger partial charge in [0.2, 0.25) is 0 Å². The fourth-order valence-electron chi connectivity index (χ4n) is 1.33. The second-order valence-electron chi connectivity index (χ2n) is 3.33. The summed E-state index contributed by atoms with van der Waals surface area (Å²) in [5.74, 6) is 0.352. The van der Waals surface area contributed by atoms with Gasteiger partial charge in [-0.25, -0.2) is 0 Å². The molecule has 4 nitrogen and oxygen atoms in total. The molecular weight excluding hydrogens is 212 g/mol. The van der Waals surface area contributed by atoms with Crippen LogP contribution in [-0.2, 0) is 6.54 Å². The van der Waals surface area contributed by atoms with Crippen LogP contribution >= 0.6 is 11.6 Å². The molecule has 0 radical (unpaired) electrons. The highest BCUT2D eigenvalue weighted by Crippen LogP contribution is 2.16. The number of hydrogen-bond acceptors (Lipinski definition) is 3. The van der Waals surface area contributed by atoms with Crippen LogP contribution < -0.4 is 5.73 Å². The normalized spacial score (nSPS) is 10.5. The van der Waals surface area contributed by atoms with E-state index in [2.05, 4.69) is 10.1 Å². The smallest absolute Gasteiger partial charge is 0.164 e. The third-order valence-electron chi connectivity index (χ3n) is 2.17. The molecule has 0 bridgehead atoms. The Bertz CT molecular complexity index is 459. The molecule has 0 aliphatic carbocycles.